The molecule has 0 bridgehead atoms. The van der Waals surface area contributed by atoms with Gasteiger partial charge in [-0.3, -0.25) is 14.2 Å². The van der Waals surface area contributed by atoms with Crippen molar-refractivity contribution in [1.29, 1.82) is 0 Å². The molecule has 21 heavy (non-hydrogen) atoms. The molecule has 1 aromatic heterocycles. The van der Waals surface area contributed by atoms with E-state index in [4.69, 9.17) is 6.42 Å². The van der Waals surface area contributed by atoms with Gasteiger partial charge in [-0.25, -0.2) is 4.39 Å². The molecule has 5 heteroatoms. The number of hydrogen-bond acceptors (Lipinski definition) is 2. The van der Waals surface area contributed by atoms with Crippen LogP contribution in [-0.2, 0) is 6.54 Å². The molecule has 0 aliphatic carbocycles. The average molecular weight is 284 g/mol. The fraction of sp³-hybridized carbons (Fsp3) is 0.125. The van der Waals surface area contributed by atoms with Crippen molar-refractivity contribution in [3.8, 4) is 12.3 Å². The molecule has 0 saturated carbocycles. The molecule has 0 saturated heterocycles. The predicted octanol–water partition coefficient (Wildman–Crippen LogP) is 1.90. The lowest BCUT2D eigenvalue weighted by Crippen LogP contribution is -2.33. The van der Waals surface area contributed by atoms with Gasteiger partial charge >= 0.3 is 0 Å². The minimum Gasteiger partial charge on any atom is -0.310 e. The lowest BCUT2D eigenvalue weighted by molar-refractivity contribution is 0.0983. The number of nitrogens with zero attached hydrogens (tertiary/aromatic N) is 2. The van der Waals surface area contributed by atoms with Crippen LogP contribution >= 0.6 is 0 Å². The molecule has 1 amide bonds. The minimum atomic E-state index is -0.394. The van der Waals surface area contributed by atoms with Crippen molar-refractivity contribution in [3.63, 3.8) is 0 Å². The molecule has 0 aliphatic heterocycles. The van der Waals surface area contributed by atoms with Crippen LogP contribution in [0.25, 0.3) is 0 Å². The Morgan fingerprint density at radius 1 is 1.29 bits per heavy atom. The molecular formula is C16H13FN2O2. The summed E-state index contributed by atoms with van der Waals surface area (Å²) in [6.45, 7) is 0.0119. The van der Waals surface area contributed by atoms with Gasteiger partial charge in [-0.05, 0) is 30.3 Å². The summed E-state index contributed by atoms with van der Waals surface area (Å²) in [5.74, 6) is 1.57. The molecule has 0 aliphatic rings. The van der Waals surface area contributed by atoms with Crippen molar-refractivity contribution in [1.82, 2.24) is 4.57 Å². The largest absolute Gasteiger partial charge is 0.310 e. The van der Waals surface area contributed by atoms with Crippen LogP contribution in [0.1, 0.15) is 10.5 Å². The van der Waals surface area contributed by atoms with Gasteiger partial charge in [0.2, 0.25) is 0 Å². The van der Waals surface area contributed by atoms with Gasteiger partial charge in [-0.15, -0.1) is 6.42 Å². The second kappa shape index (κ2) is 6.06. The quantitative estimate of drug-likeness (QED) is 0.808. The second-order valence-corrected chi connectivity index (χ2v) is 4.38. The lowest BCUT2D eigenvalue weighted by atomic mass is 10.2. The third kappa shape index (κ3) is 3.00. The van der Waals surface area contributed by atoms with Crippen LogP contribution in [0.15, 0.2) is 47.3 Å². The Kier molecular flexibility index (Phi) is 4.19. The van der Waals surface area contributed by atoms with Gasteiger partial charge < -0.3 is 4.90 Å². The van der Waals surface area contributed by atoms with Crippen molar-refractivity contribution in [2.45, 2.75) is 6.54 Å². The number of hydrogen-bond donors (Lipinski definition) is 0. The molecule has 0 unspecified atom stereocenters. The second-order valence-electron chi connectivity index (χ2n) is 4.38. The summed E-state index contributed by atoms with van der Waals surface area (Å²) in [7, 11) is 1.55. The minimum absolute atomic E-state index is 0.0119. The Morgan fingerprint density at radius 3 is 2.57 bits per heavy atom. The third-order valence-electron chi connectivity index (χ3n) is 3.04. The Balaban J connectivity index is 2.40. The highest BCUT2D eigenvalue weighted by atomic mass is 19.1. The Bertz CT molecular complexity index is 757. The Hall–Kier alpha value is -2.87. The first kappa shape index (κ1) is 14.5. The number of carbonyl (C=O) groups excluding carboxylic acids is 1. The molecule has 1 heterocycles. The van der Waals surface area contributed by atoms with Gasteiger partial charge in [0, 0.05) is 18.8 Å². The molecule has 106 valence electrons. The van der Waals surface area contributed by atoms with Gasteiger partial charge in [0.1, 0.15) is 11.5 Å². The summed E-state index contributed by atoms with van der Waals surface area (Å²) in [4.78, 5) is 25.6. The first-order valence-electron chi connectivity index (χ1n) is 6.21. The summed E-state index contributed by atoms with van der Waals surface area (Å²) in [5, 5.41) is 0. The summed E-state index contributed by atoms with van der Waals surface area (Å²) < 4.78 is 14.1. The lowest BCUT2D eigenvalue weighted by Gasteiger charge is -2.19. The fourth-order valence-corrected chi connectivity index (χ4v) is 1.92. The smallest absolute Gasteiger partial charge is 0.274 e. The SMILES string of the molecule is C#CCn1c(C(=O)N(C)c2ccc(F)cc2)cccc1=O. The molecule has 4 nitrogen and oxygen atoms in total. The topological polar surface area (TPSA) is 42.3 Å². The van der Waals surface area contributed by atoms with Crippen LogP contribution in [0, 0.1) is 18.2 Å². The average Bonchev–Trinajstić information content (AvgIpc) is 2.49. The third-order valence-corrected chi connectivity index (χ3v) is 3.04. The zero-order valence-electron chi connectivity index (χ0n) is 11.4. The van der Waals surface area contributed by atoms with E-state index in [0.717, 1.165) is 0 Å². The van der Waals surface area contributed by atoms with Crippen LogP contribution in [-0.4, -0.2) is 17.5 Å². The molecule has 0 radical (unpaired) electrons. The normalized spacial score (nSPS) is 9.95. The number of benzene rings is 1. The molecule has 0 spiro atoms. The van der Waals surface area contributed by atoms with Crippen molar-refractivity contribution in [2.24, 2.45) is 0 Å². The Labute approximate surface area is 121 Å². The number of pyridine rings is 1. The summed E-state index contributed by atoms with van der Waals surface area (Å²) in [6.07, 6.45) is 5.23. The van der Waals surface area contributed by atoms with Crippen LogP contribution < -0.4 is 10.5 Å². The standard InChI is InChI=1S/C16H13FN2O2/c1-3-11-19-14(5-4-6-15(19)20)16(21)18(2)13-9-7-12(17)8-10-13/h1,4-10H,11H2,2H3. The maximum atomic E-state index is 12.9. The van der Waals surface area contributed by atoms with Gasteiger partial charge in [-0.1, -0.05) is 12.0 Å². The number of halogens is 1. The maximum Gasteiger partial charge on any atom is 0.274 e. The highest BCUT2D eigenvalue weighted by molar-refractivity contribution is 6.04. The van der Waals surface area contributed by atoms with Crippen molar-refractivity contribution in [2.75, 3.05) is 11.9 Å². The van der Waals surface area contributed by atoms with E-state index >= 15 is 0 Å². The number of aromatic nitrogens is 1. The molecule has 0 atom stereocenters. The van der Waals surface area contributed by atoms with E-state index in [1.54, 1.807) is 7.05 Å². The zero-order chi connectivity index (χ0) is 15.4. The first-order chi connectivity index (χ1) is 10.0. The fourth-order valence-electron chi connectivity index (χ4n) is 1.92. The summed E-state index contributed by atoms with van der Waals surface area (Å²) >= 11 is 0. The van der Waals surface area contributed by atoms with E-state index in [-0.39, 0.29) is 23.6 Å². The van der Waals surface area contributed by atoms with E-state index < -0.39 is 5.91 Å². The van der Waals surface area contributed by atoms with Crippen LogP contribution in [0.3, 0.4) is 0 Å². The van der Waals surface area contributed by atoms with E-state index in [1.807, 2.05) is 0 Å². The maximum absolute atomic E-state index is 12.9. The van der Waals surface area contributed by atoms with Crippen LogP contribution in [0.4, 0.5) is 10.1 Å². The molecule has 2 aromatic rings. The van der Waals surface area contributed by atoms with E-state index in [0.29, 0.717) is 5.69 Å². The van der Waals surface area contributed by atoms with E-state index in [9.17, 15) is 14.0 Å². The number of carbonyl (C=O) groups is 1. The van der Waals surface area contributed by atoms with Gasteiger partial charge in [0.05, 0.1) is 6.54 Å². The van der Waals surface area contributed by atoms with E-state index in [2.05, 4.69) is 5.92 Å². The molecule has 0 fully saturated rings. The van der Waals surface area contributed by atoms with Crippen LogP contribution in [0.5, 0.6) is 0 Å². The summed E-state index contributed by atoms with van der Waals surface area (Å²) in [6, 6.07) is 9.87. The number of anilines is 1. The number of rotatable bonds is 3. The zero-order valence-corrected chi connectivity index (χ0v) is 11.4. The van der Waals surface area contributed by atoms with Crippen LogP contribution in [0.2, 0.25) is 0 Å². The number of terminal acetylenes is 1. The van der Waals surface area contributed by atoms with Gasteiger partial charge in [-0.2, -0.15) is 0 Å². The highest BCUT2D eigenvalue weighted by Gasteiger charge is 2.17. The van der Waals surface area contributed by atoms with Crippen molar-refractivity contribution in [3.05, 3.63) is 64.3 Å². The Morgan fingerprint density at radius 2 is 1.95 bits per heavy atom. The van der Waals surface area contributed by atoms with Crippen molar-refractivity contribution >= 4 is 11.6 Å². The first-order valence-corrected chi connectivity index (χ1v) is 6.21. The number of amides is 1. The molecular weight excluding hydrogens is 271 g/mol. The monoisotopic (exact) mass is 284 g/mol. The van der Waals surface area contributed by atoms with Gasteiger partial charge in [0.15, 0.2) is 0 Å². The molecule has 2 rings (SSSR count). The predicted molar refractivity (Wildman–Crippen MR) is 78.7 cm³/mol. The highest BCUT2D eigenvalue weighted by Crippen LogP contribution is 2.15. The summed E-state index contributed by atoms with van der Waals surface area (Å²) in [5.41, 5.74) is 0.364. The van der Waals surface area contributed by atoms with Gasteiger partial charge in [0.25, 0.3) is 11.5 Å². The van der Waals surface area contributed by atoms with E-state index in [1.165, 1.54) is 51.9 Å². The molecule has 0 N–H and O–H groups in total. The van der Waals surface area contributed by atoms with Crippen molar-refractivity contribution < 1.29 is 9.18 Å². The molecule has 1 aromatic carbocycles.